The van der Waals surface area contributed by atoms with Crippen LogP contribution in [0.2, 0.25) is 0 Å². The summed E-state index contributed by atoms with van der Waals surface area (Å²) in [5, 5.41) is 11.8. The third-order valence-corrected chi connectivity index (χ3v) is 3.92. The second kappa shape index (κ2) is 5.57. The Bertz CT molecular complexity index is 272. The van der Waals surface area contributed by atoms with Crippen molar-refractivity contribution >= 4 is 23.6 Å². The number of aliphatic carboxylic acids is 1. The normalized spacial score (nSPS) is 21.5. The van der Waals surface area contributed by atoms with Crippen molar-refractivity contribution in [3.8, 4) is 0 Å². The summed E-state index contributed by atoms with van der Waals surface area (Å²) in [7, 11) is 0. The van der Waals surface area contributed by atoms with Gasteiger partial charge in [-0.05, 0) is 32.4 Å². The molecule has 1 rings (SSSR count). The van der Waals surface area contributed by atoms with Gasteiger partial charge in [-0.25, -0.2) is 0 Å². The molecule has 1 unspecified atom stereocenters. The van der Waals surface area contributed by atoms with Crippen LogP contribution in [-0.4, -0.2) is 34.5 Å². The molecule has 4 nitrogen and oxygen atoms in total. The number of carboxylic acids is 1. The zero-order chi connectivity index (χ0) is 12.2. The molecule has 0 aromatic heterocycles. The van der Waals surface area contributed by atoms with E-state index in [1.807, 2.05) is 11.8 Å². The van der Waals surface area contributed by atoms with Crippen LogP contribution in [0.4, 0.5) is 0 Å². The van der Waals surface area contributed by atoms with Gasteiger partial charge in [0.25, 0.3) is 0 Å². The van der Waals surface area contributed by atoms with Gasteiger partial charge in [-0.15, -0.1) is 0 Å². The van der Waals surface area contributed by atoms with Crippen LogP contribution in [0.3, 0.4) is 0 Å². The van der Waals surface area contributed by atoms with E-state index >= 15 is 0 Å². The third kappa shape index (κ3) is 4.04. The minimum Gasteiger partial charge on any atom is -0.481 e. The molecule has 1 fully saturated rings. The minimum atomic E-state index is -0.980. The fourth-order valence-electron chi connectivity index (χ4n) is 1.61. The molecule has 0 aliphatic carbocycles. The van der Waals surface area contributed by atoms with E-state index in [-0.39, 0.29) is 18.4 Å². The lowest BCUT2D eigenvalue weighted by Gasteiger charge is -2.24. The van der Waals surface area contributed by atoms with E-state index in [0.29, 0.717) is 0 Å². The van der Waals surface area contributed by atoms with Gasteiger partial charge in [0.05, 0.1) is 5.41 Å². The van der Waals surface area contributed by atoms with Gasteiger partial charge in [-0.3, -0.25) is 9.59 Å². The van der Waals surface area contributed by atoms with Crippen LogP contribution >= 0.6 is 11.8 Å². The molecular formula is C11H19NO3S. The molecule has 0 aromatic rings. The predicted octanol–water partition coefficient (Wildman–Crippen LogP) is 1.50. The van der Waals surface area contributed by atoms with Crippen molar-refractivity contribution in [1.82, 2.24) is 5.32 Å². The van der Waals surface area contributed by atoms with E-state index in [2.05, 4.69) is 5.32 Å². The molecule has 92 valence electrons. The Labute approximate surface area is 100 Å². The first-order valence-electron chi connectivity index (χ1n) is 5.52. The Balaban J connectivity index is 2.37. The average molecular weight is 245 g/mol. The number of rotatable bonds is 4. The van der Waals surface area contributed by atoms with Crippen molar-refractivity contribution in [3.05, 3.63) is 0 Å². The van der Waals surface area contributed by atoms with Crippen molar-refractivity contribution in [2.24, 2.45) is 5.41 Å². The van der Waals surface area contributed by atoms with E-state index in [0.717, 1.165) is 24.3 Å². The molecule has 0 spiro atoms. The minimum absolute atomic E-state index is 0.0451. The maximum absolute atomic E-state index is 11.6. The second-order valence-corrected chi connectivity index (χ2v) is 6.00. The summed E-state index contributed by atoms with van der Waals surface area (Å²) in [6.45, 7) is 3.15. The van der Waals surface area contributed by atoms with Gasteiger partial charge >= 0.3 is 5.97 Å². The quantitative estimate of drug-likeness (QED) is 0.787. The van der Waals surface area contributed by atoms with Gasteiger partial charge in [0.1, 0.15) is 0 Å². The van der Waals surface area contributed by atoms with Crippen LogP contribution in [-0.2, 0) is 9.59 Å². The van der Waals surface area contributed by atoms with Gasteiger partial charge in [-0.1, -0.05) is 0 Å². The molecule has 1 aliphatic rings. The highest BCUT2D eigenvalue weighted by Crippen LogP contribution is 2.21. The fraction of sp³-hybridized carbons (Fsp3) is 0.818. The van der Waals surface area contributed by atoms with Crippen LogP contribution in [0.1, 0.15) is 33.1 Å². The highest BCUT2D eigenvalue weighted by Gasteiger charge is 2.30. The fourth-order valence-corrected chi connectivity index (χ4v) is 2.68. The molecule has 0 saturated carbocycles. The molecule has 16 heavy (non-hydrogen) atoms. The molecule has 0 radical (unpaired) electrons. The highest BCUT2D eigenvalue weighted by atomic mass is 32.2. The number of nitrogens with one attached hydrogen (secondary N) is 1. The molecule has 1 atom stereocenters. The van der Waals surface area contributed by atoms with Gasteiger partial charge in [0.15, 0.2) is 0 Å². The predicted molar refractivity (Wildman–Crippen MR) is 64.5 cm³/mol. The largest absolute Gasteiger partial charge is 0.481 e. The monoisotopic (exact) mass is 245 g/mol. The van der Waals surface area contributed by atoms with Crippen LogP contribution in [0.25, 0.3) is 0 Å². The summed E-state index contributed by atoms with van der Waals surface area (Å²) in [4.78, 5) is 22.5. The lowest BCUT2D eigenvalue weighted by molar-refractivity contribution is -0.149. The van der Waals surface area contributed by atoms with Crippen molar-refractivity contribution in [2.45, 2.75) is 39.2 Å². The van der Waals surface area contributed by atoms with Crippen molar-refractivity contribution in [1.29, 1.82) is 0 Å². The molecule has 1 amide bonds. The molecule has 0 aromatic carbocycles. The zero-order valence-electron chi connectivity index (χ0n) is 9.78. The number of carboxylic acid groups (broad SMARTS) is 1. The number of hydrogen-bond acceptors (Lipinski definition) is 3. The topological polar surface area (TPSA) is 66.4 Å². The molecule has 1 saturated heterocycles. The third-order valence-electron chi connectivity index (χ3n) is 2.71. The van der Waals surface area contributed by atoms with E-state index in [1.54, 1.807) is 13.8 Å². The smallest absolute Gasteiger partial charge is 0.309 e. The van der Waals surface area contributed by atoms with Gasteiger partial charge in [0, 0.05) is 18.2 Å². The van der Waals surface area contributed by atoms with Crippen molar-refractivity contribution < 1.29 is 14.7 Å². The second-order valence-electron chi connectivity index (χ2n) is 4.85. The van der Waals surface area contributed by atoms with Crippen LogP contribution in [0.15, 0.2) is 0 Å². The standard InChI is InChI=1S/C11H19NO3S/c1-11(2,10(14)15)6-9(13)12-8-4-3-5-16-7-8/h8H,3-7H2,1-2H3,(H,12,13)(H,14,15). The van der Waals surface area contributed by atoms with Gasteiger partial charge < -0.3 is 10.4 Å². The first-order chi connectivity index (χ1) is 7.42. The molecule has 1 heterocycles. The summed E-state index contributed by atoms with van der Waals surface area (Å²) < 4.78 is 0. The lowest BCUT2D eigenvalue weighted by atomic mass is 9.89. The number of carbonyl (C=O) groups is 2. The Kier molecular flexibility index (Phi) is 4.65. The first kappa shape index (κ1) is 13.4. The highest BCUT2D eigenvalue weighted by molar-refractivity contribution is 7.99. The van der Waals surface area contributed by atoms with Crippen LogP contribution < -0.4 is 5.32 Å². The van der Waals surface area contributed by atoms with E-state index < -0.39 is 11.4 Å². The first-order valence-corrected chi connectivity index (χ1v) is 6.68. The number of thioether (sulfide) groups is 1. The Hall–Kier alpha value is -0.710. The van der Waals surface area contributed by atoms with Gasteiger partial charge in [0.2, 0.25) is 5.91 Å². The van der Waals surface area contributed by atoms with Crippen LogP contribution in [0.5, 0.6) is 0 Å². The number of carbonyl (C=O) groups excluding carboxylic acids is 1. The Morgan fingerprint density at radius 2 is 2.19 bits per heavy atom. The van der Waals surface area contributed by atoms with Crippen LogP contribution in [0, 0.1) is 5.41 Å². The Morgan fingerprint density at radius 1 is 1.50 bits per heavy atom. The summed E-state index contributed by atoms with van der Waals surface area (Å²) in [5.41, 5.74) is -0.980. The Morgan fingerprint density at radius 3 is 2.69 bits per heavy atom. The summed E-state index contributed by atoms with van der Waals surface area (Å²) in [6, 6.07) is 0.218. The lowest BCUT2D eigenvalue weighted by Crippen LogP contribution is -2.41. The average Bonchev–Trinajstić information content (AvgIpc) is 2.17. The molecule has 0 bridgehead atoms. The van der Waals surface area contributed by atoms with Crippen molar-refractivity contribution in [3.63, 3.8) is 0 Å². The maximum Gasteiger partial charge on any atom is 0.309 e. The zero-order valence-corrected chi connectivity index (χ0v) is 10.6. The number of hydrogen-bond donors (Lipinski definition) is 2. The van der Waals surface area contributed by atoms with Crippen molar-refractivity contribution in [2.75, 3.05) is 11.5 Å². The SMILES string of the molecule is CC(C)(CC(=O)NC1CCCSC1)C(=O)O. The molecule has 5 heteroatoms. The van der Waals surface area contributed by atoms with E-state index in [1.165, 1.54) is 0 Å². The molecule has 1 aliphatic heterocycles. The maximum atomic E-state index is 11.6. The summed E-state index contributed by atoms with van der Waals surface area (Å²) >= 11 is 1.84. The summed E-state index contributed by atoms with van der Waals surface area (Å²) in [6.07, 6.45) is 2.17. The number of amides is 1. The van der Waals surface area contributed by atoms with Gasteiger partial charge in [-0.2, -0.15) is 11.8 Å². The molecule has 2 N–H and O–H groups in total. The summed E-state index contributed by atoms with van der Waals surface area (Å²) in [5.74, 6) is 1.02. The van der Waals surface area contributed by atoms with E-state index in [9.17, 15) is 9.59 Å². The van der Waals surface area contributed by atoms with E-state index in [4.69, 9.17) is 5.11 Å². The molecular weight excluding hydrogens is 226 g/mol.